The number of rotatable bonds is 11. The summed E-state index contributed by atoms with van der Waals surface area (Å²) < 4.78 is 4.88. The minimum atomic E-state index is -1.00. The summed E-state index contributed by atoms with van der Waals surface area (Å²) in [6.07, 6.45) is 0.748. The van der Waals surface area contributed by atoms with Crippen molar-refractivity contribution in [1.29, 1.82) is 5.41 Å². The molecule has 0 radical (unpaired) electrons. The summed E-state index contributed by atoms with van der Waals surface area (Å²) in [4.78, 5) is 42.0. The Kier molecular flexibility index (Phi) is 10.1. The minimum Gasteiger partial charge on any atom is -0.452 e. The van der Waals surface area contributed by atoms with Crippen LogP contribution in [0.15, 0.2) is 54.6 Å². The van der Waals surface area contributed by atoms with Crippen molar-refractivity contribution in [3.05, 3.63) is 70.7 Å². The number of ether oxygens (including phenoxy) is 1. The summed E-state index contributed by atoms with van der Waals surface area (Å²) in [6.45, 7) is 6.08. The average molecular weight is 556 g/mol. The molecule has 1 heterocycles. The normalized spacial score (nSPS) is 18.6. The molecule has 1 saturated heterocycles. The monoisotopic (exact) mass is 555 g/mol. The minimum absolute atomic E-state index is 0.0415. The maximum atomic E-state index is 13.7. The van der Waals surface area contributed by atoms with E-state index in [2.05, 4.69) is 5.32 Å². The summed E-state index contributed by atoms with van der Waals surface area (Å²) in [5.41, 5.74) is 6.72. The molecule has 2 aromatic carbocycles. The number of amides is 3. The van der Waals surface area contributed by atoms with Crippen LogP contribution < -0.4 is 11.1 Å². The number of methoxy groups -OCH3 is 1. The number of nitrogens with one attached hydrogen (secondary N) is 2. The largest absolute Gasteiger partial charge is 0.452 e. The number of benzene rings is 2. The maximum Gasteiger partial charge on any atom is 0.416 e. The van der Waals surface area contributed by atoms with E-state index in [1.54, 1.807) is 31.2 Å². The van der Waals surface area contributed by atoms with E-state index >= 15 is 0 Å². The van der Waals surface area contributed by atoms with E-state index < -0.39 is 29.6 Å². The van der Waals surface area contributed by atoms with Crippen molar-refractivity contribution in [3.8, 4) is 0 Å². The number of imide groups is 1. The number of carbonyl (C=O) groups is 3. The van der Waals surface area contributed by atoms with Crippen LogP contribution in [0.5, 0.6) is 0 Å². The highest BCUT2D eigenvalue weighted by Gasteiger charge is 2.50. The van der Waals surface area contributed by atoms with Gasteiger partial charge in [0.05, 0.1) is 13.2 Å². The summed E-state index contributed by atoms with van der Waals surface area (Å²) in [6, 6.07) is 15.0. The molecule has 210 valence electrons. The van der Waals surface area contributed by atoms with E-state index in [1.807, 2.05) is 44.2 Å². The van der Waals surface area contributed by atoms with Crippen molar-refractivity contribution in [2.45, 2.75) is 64.1 Å². The van der Waals surface area contributed by atoms with E-state index in [4.69, 9.17) is 27.5 Å². The van der Waals surface area contributed by atoms with Crippen molar-refractivity contribution < 1.29 is 19.1 Å². The molecule has 0 spiro atoms. The molecule has 2 unspecified atom stereocenters. The van der Waals surface area contributed by atoms with Crippen LogP contribution in [-0.4, -0.2) is 59.4 Å². The third kappa shape index (κ3) is 6.78. The lowest BCUT2D eigenvalue weighted by atomic mass is 9.82. The highest BCUT2D eigenvalue weighted by molar-refractivity contribution is 6.31. The molecule has 3 rings (SSSR count). The molecule has 0 aliphatic carbocycles. The van der Waals surface area contributed by atoms with Gasteiger partial charge in [0.1, 0.15) is 5.54 Å². The first-order valence-corrected chi connectivity index (χ1v) is 13.5. The van der Waals surface area contributed by atoms with Crippen LogP contribution in [0.3, 0.4) is 0 Å². The number of halogens is 1. The van der Waals surface area contributed by atoms with Crippen LogP contribution in [-0.2, 0) is 26.3 Å². The van der Waals surface area contributed by atoms with Gasteiger partial charge in [0, 0.05) is 17.6 Å². The van der Waals surface area contributed by atoms with Gasteiger partial charge in [0.25, 0.3) is 5.91 Å². The maximum absolute atomic E-state index is 13.7. The Bertz CT molecular complexity index is 1190. The van der Waals surface area contributed by atoms with E-state index in [0.717, 1.165) is 10.5 Å². The Morgan fingerprint density at radius 1 is 1.13 bits per heavy atom. The van der Waals surface area contributed by atoms with Crippen molar-refractivity contribution in [1.82, 2.24) is 15.1 Å². The van der Waals surface area contributed by atoms with Crippen LogP contribution in [0.1, 0.15) is 51.2 Å². The molecule has 0 bridgehead atoms. The zero-order valence-corrected chi connectivity index (χ0v) is 23.7. The van der Waals surface area contributed by atoms with Gasteiger partial charge in [-0.3, -0.25) is 19.9 Å². The molecule has 3 atom stereocenters. The molecule has 39 heavy (non-hydrogen) atoms. The molecule has 10 heteroatoms. The van der Waals surface area contributed by atoms with Gasteiger partial charge in [-0.05, 0) is 55.7 Å². The number of hydrogen-bond acceptors (Lipinski definition) is 6. The molecule has 9 nitrogen and oxygen atoms in total. The molecular weight excluding hydrogens is 518 g/mol. The fraction of sp³-hybridized carbons (Fsp3) is 0.448. The first-order chi connectivity index (χ1) is 18.5. The van der Waals surface area contributed by atoms with Crippen LogP contribution in [0, 0.1) is 11.3 Å². The third-order valence-corrected chi connectivity index (χ3v) is 7.33. The lowest BCUT2D eigenvalue weighted by Gasteiger charge is -2.30. The van der Waals surface area contributed by atoms with Gasteiger partial charge in [0.2, 0.25) is 5.91 Å². The van der Waals surface area contributed by atoms with Gasteiger partial charge in [-0.1, -0.05) is 74.0 Å². The van der Waals surface area contributed by atoms with Crippen molar-refractivity contribution in [2.75, 3.05) is 13.7 Å². The zero-order chi connectivity index (χ0) is 28.7. The smallest absolute Gasteiger partial charge is 0.416 e. The van der Waals surface area contributed by atoms with E-state index in [9.17, 15) is 14.4 Å². The second-order valence-corrected chi connectivity index (χ2v) is 10.8. The van der Waals surface area contributed by atoms with Crippen LogP contribution in [0.25, 0.3) is 0 Å². The van der Waals surface area contributed by atoms with Crippen molar-refractivity contribution in [2.24, 2.45) is 11.7 Å². The Labute approximate surface area is 235 Å². The molecule has 0 saturated carbocycles. The molecule has 1 fully saturated rings. The van der Waals surface area contributed by atoms with Crippen molar-refractivity contribution in [3.63, 3.8) is 0 Å². The Morgan fingerprint density at radius 3 is 2.38 bits per heavy atom. The fourth-order valence-electron chi connectivity index (χ4n) is 5.08. The first kappa shape index (κ1) is 30.1. The predicted octanol–water partition coefficient (Wildman–Crippen LogP) is 4.28. The Morgan fingerprint density at radius 2 is 1.77 bits per heavy atom. The fourth-order valence-corrected chi connectivity index (χ4v) is 5.29. The predicted molar refractivity (Wildman–Crippen MR) is 151 cm³/mol. The second kappa shape index (κ2) is 13.1. The quantitative estimate of drug-likeness (QED) is 0.379. The highest BCUT2D eigenvalue weighted by atomic mass is 35.5. The van der Waals surface area contributed by atoms with Gasteiger partial charge in [-0.15, -0.1) is 0 Å². The van der Waals surface area contributed by atoms with Gasteiger partial charge < -0.3 is 15.8 Å². The molecule has 2 aromatic rings. The topological polar surface area (TPSA) is 129 Å². The number of hydrogen-bond donors (Lipinski definition) is 3. The van der Waals surface area contributed by atoms with E-state index in [0.29, 0.717) is 29.8 Å². The van der Waals surface area contributed by atoms with Crippen molar-refractivity contribution >= 4 is 35.5 Å². The number of nitrogens with two attached hydrogens (primary N) is 1. The van der Waals surface area contributed by atoms with Gasteiger partial charge in [-0.2, -0.15) is 0 Å². The summed E-state index contributed by atoms with van der Waals surface area (Å²) in [7, 11) is 1.21. The molecule has 1 aliphatic rings. The zero-order valence-electron chi connectivity index (χ0n) is 22.9. The summed E-state index contributed by atoms with van der Waals surface area (Å²) in [5, 5.41) is 12.2. The highest BCUT2D eigenvalue weighted by Crippen LogP contribution is 2.35. The number of guanidine groups is 1. The van der Waals surface area contributed by atoms with Gasteiger partial charge in [-0.25, -0.2) is 9.69 Å². The summed E-state index contributed by atoms with van der Waals surface area (Å²) in [5.74, 6) is -0.493. The lowest BCUT2D eigenvalue weighted by Crippen LogP contribution is -2.51. The Balaban J connectivity index is 1.69. The average Bonchev–Trinajstić information content (AvgIpc) is 3.14. The standard InChI is InChI=1S/C29H38ClN5O4/c1-19(2)18-29(22-13-6-5-7-14-22)26(37)34(27(32)33-29)16-10-11-20(3)35(28(38)39-4)25(36)24(31)17-21-12-8-9-15-23(21)30/h5-9,12-15,19-20,24H,10-11,16-18,31H2,1-4H3,(H2,32,33)/t20?,24-,29?/m0/s1. The third-order valence-electron chi connectivity index (χ3n) is 6.96. The first-order valence-electron chi connectivity index (χ1n) is 13.2. The van der Waals surface area contributed by atoms with Gasteiger partial charge in [0.15, 0.2) is 5.96 Å². The van der Waals surface area contributed by atoms with Crippen LogP contribution >= 0.6 is 11.6 Å². The number of nitrogens with zero attached hydrogens (tertiary/aromatic N) is 2. The molecule has 4 N–H and O–H groups in total. The van der Waals surface area contributed by atoms with Gasteiger partial charge >= 0.3 is 6.09 Å². The number of carbonyl (C=O) groups excluding carboxylic acids is 3. The molecule has 1 aliphatic heterocycles. The second-order valence-electron chi connectivity index (χ2n) is 10.4. The van der Waals surface area contributed by atoms with E-state index in [1.165, 1.54) is 12.0 Å². The molecule has 3 amide bonds. The van der Waals surface area contributed by atoms with E-state index in [-0.39, 0.29) is 30.8 Å². The molecule has 0 aromatic heterocycles. The summed E-state index contributed by atoms with van der Waals surface area (Å²) >= 11 is 6.22. The molecular formula is C29H38ClN5O4. The van der Waals surface area contributed by atoms with Crippen LogP contribution in [0.4, 0.5) is 4.79 Å². The lowest BCUT2D eigenvalue weighted by molar-refractivity contribution is -0.133. The van der Waals surface area contributed by atoms with Crippen LogP contribution in [0.2, 0.25) is 5.02 Å². The SMILES string of the molecule is COC(=O)N(C(=O)[C@@H](N)Cc1ccccc1Cl)C(C)CCCN1C(=N)NC(CC(C)C)(c2ccccc2)C1=O. The Hall–Kier alpha value is -3.43.